The summed E-state index contributed by atoms with van der Waals surface area (Å²) in [6, 6.07) is 4.44. The van der Waals surface area contributed by atoms with E-state index >= 15 is 0 Å². The number of rotatable bonds is 4. The Morgan fingerprint density at radius 1 is 1.30 bits per heavy atom. The van der Waals surface area contributed by atoms with Crippen molar-refractivity contribution < 1.29 is 4.79 Å². The first-order chi connectivity index (χ1) is 9.24. The predicted octanol–water partition coefficient (Wildman–Crippen LogP) is 2.05. The normalized spacial score (nSPS) is 19.8. The highest BCUT2D eigenvalue weighted by Gasteiger charge is 2.26. The highest BCUT2D eigenvalue weighted by Crippen LogP contribution is 2.28. The molecule has 4 nitrogen and oxygen atoms in total. The summed E-state index contributed by atoms with van der Waals surface area (Å²) in [5.41, 5.74) is 0.796. The lowest BCUT2D eigenvalue weighted by Crippen LogP contribution is -2.45. The zero-order chi connectivity index (χ0) is 13.2. The van der Waals surface area contributed by atoms with Crippen molar-refractivity contribution in [3.8, 4) is 0 Å². The van der Waals surface area contributed by atoms with Gasteiger partial charge in [-0.2, -0.15) is 0 Å². The Balaban J connectivity index is 0.00000147. The summed E-state index contributed by atoms with van der Waals surface area (Å²) < 4.78 is 1.90. The highest BCUT2D eigenvalue weighted by molar-refractivity contribution is 5.92. The first-order valence-corrected chi connectivity index (χ1v) is 7.38. The van der Waals surface area contributed by atoms with Gasteiger partial charge in [0.2, 0.25) is 0 Å². The molecule has 0 spiro atoms. The van der Waals surface area contributed by atoms with E-state index in [1.165, 1.54) is 19.4 Å². The molecule has 0 atom stereocenters. The number of aryl methyl sites for hydroxylation is 1. The molecular weight excluding hydrogens is 274 g/mol. The van der Waals surface area contributed by atoms with E-state index in [1.807, 2.05) is 34.8 Å². The van der Waals surface area contributed by atoms with E-state index in [9.17, 15) is 4.79 Å². The molecule has 1 amide bonds. The van der Waals surface area contributed by atoms with Gasteiger partial charge in [0.05, 0.1) is 0 Å². The minimum absolute atomic E-state index is 0. The largest absolute Gasteiger partial charge is 0.347 e. The van der Waals surface area contributed by atoms with Gasteiger partial charge >= 0.3 is 0 Å². The smallest absolute Gasteiger partial charge is 0.270 e. The van der Waals surface area contributed by atoms with Gasteiger partial charge < -0.3 is 14.8 Å². The van der Waals surface area contributed by atoms with Gasteiger partial charge in [0, 0.05) is 32.4 Å². The van der Waals surface area contributed by atoms with Crippen LogP contribution in [-0.4, -0.2) is 41.1 Å². The summed E-state index contributed by atoms with van der Waals surface area (Å²) in [7, 11) is 1.93. The number of halogens is 1. The van der Waals surface area contributed by atoms with Crippen LogP contribution in [0.2, 0.25) is 0 Å². The molecule has 1 saturated heterocycles. The van der Waals surface area contributed by atoms with E-state index in [-0.39, 0.29) is 18.3 Å². The Hall–Kier alpha value is -1.00. The molecule has 0 radical (unpaired) electrons. The average molecular weight is 298 g/mol. The standard InChI is InChI=1S/C15H23N3O.ClH/c1-17-8-2-3-14(17)15(19)18-9-6-13(7-10-18)16-11-12-4-5-12;/h2-3,8,12-13,16H,4-7,9-11H2,1H3;1H. The number of amides is 1. The van der Waals surface area contributed by atoms with Crippen LogP contribution < -0.4 is 5.32 Å². The third-order valence-electron chi connectivity index (χ3n) is 4.34. The molecule has 20 heavy (non-hydrogen) atoms. The summed E-state index contributed by atoms with van der Waals surface area (Å²) in [5, 5.41) is 3.65. The third kappa shape index (κ3) is 3.55. The summed E-state index contributed by atoms with van der Waals surface area (Å²) in [5.74, 6) is 1.11. The molecule has 1 saturated carbocycles. The van der Waals surface area contributed by atoms with E-state index in [4.69, 9.17) is 0 Å². The molecule has 1 aromatic heterocycles. The number of hydrogen-bond donors (Lipinski definition) is 1. The average Bonchev–Trinajstić information content (AvgIpc) is 3.17. The zero-order valence-electron chi connectivity index (χ0n) is 12.0. The minimum atomic E-state index is 0. The van der Waals surface area contributed by atoms with Crippen LogP contribution in [0.1, 0.15) is 36.2 Å². The molecule has 1 aliphatic carbocycles. The summed E-state index contributed by atoms with van der Waals surface area (Å²) in [6.07, 6.45) is 6.90. The van der Waals surface area contributed by atoms with Crippen LogP contribution in [0.5, 0.6) is 0 Å². The molecule has 2 aliphatic rings. The van der Waals surface area contributed by atoms with Gasteiger partial charge in [-0.05, 0) is 50.3 Å². The van der Waals surface area contributed by atoms with Gasteiger partial charge in [0.1, 0.15) is 5.69 Å². The lowest BCUT2D eigenvalue weighted by Gasteiger charge is -2.32. The number of carbonyl (C=O) groups is 1. The molecule has 0 unspecified atom stereocenters. The number of hydrogen-bond acceptors (Lipinski definition) is 2. The monoisotopic (exact) mass is 297 g/mol. The van der Waals surface area contributed by atoms with Crippen molar-refractivity contribution in [2.45, 2.75) is 31.7 Å². The second kappa shape index (κ2) is 6.64. The van der Waals surface area contributed by atoms with Gasteiger partial charge in [0.15, 0.2) is 0 Å². The van der Waals surface area contributed by atoms with Gasteiger partial charge in [-0.1, -0.05) is 0 Å². The van der Waals surface area contributed by atoms with E-state index in [1.54, 1.807) is 0 Å². The van der Waals surface area contributed by atoms with Gasteiger partial charge in [-0.25, -0.2) is 0 Å². The second-order valence-electron chi connectivity index (χ2n) is 5.92. The van der Waals surface area contributed by atoms with Crippen LogP contribution in [0.15, 0.2) is 18.3 Å². The van der Waals surface area contributed by atoms with Crippen molar-refractivity contribution in [2.75, 3.05) is 19.6 Å². The highest BCUT2D eigenvalue weighted by atomic mass is 35.5. The number of likely N-dealkylation sites (tertiary alicyclic amines) is 1. The van der Waals surface area contributed by atoms with Crippen molar-refractivity contribution in [1.82, 2.24) is 14.8 Å². The predicted molar refractivity (Wildman–Crippen MR) is 82.3 cm³/mol. The number of nitrogens with one attached hydrogen (secondary N) is 1. The number of aromatic nitrogens is 1. The van der Waals surface area contributed by atoms with Crippen molar-refractivity contribution in [2.24, 2.45) is 13.0 Å². The maximum absolute atomic E-state index is 12.3. The van der Waals surface area contributed by atoms with Crippen molar-refractivity contribution >= 4 is 18.3 Å². The van der Waals surface area contributed by atoms with E-state index in [0.29, 0.717) is 6.04 Å². The molecule has 2 heterocycles. The molecule has 1 aliphatic heterocycles. The Bertz CT molecular complexity index is 448. The van der Waals surface area contributed by atoms with E-state index in [2.05, 4.69) is 5.32 Å². The topological polar surface area (TPSA) is 37.3 Å². The SMILES string of the molecule is Cl.Cn1cccc1C(=O)N1CCC(NCC2CC2)CC1. The maximum atomic E-state index is 12.3. The van der Waals surface area contributed by atoms with Crippen LogP contribution in [0.25, 0.3) is 0 Å². The van der Waals surface area contributed by atoms with Gasteiger partial charge in [-0.3, -0.25) is 4.79 Å². The number of nitrogens with zero attached hydrogens (tertiary/aromatic N) is 2. The Kier molecular flexibility index (Phi) is 5.11. The summed E-state index contributed by atoms with van der Waals surface area (Å²) in [4.78, 5) is 14.3. The Labute approximate surface area is 126 Å². The molecule has 112 valence electrons. The number of carbonyl (C=O) groups excluding carboxylic acids is 1. The second-order valence-corrected chi connectivity index (χ2v) is 5.92. The fourth-order valence-corrected chi connectivity index (χ4v) is 2.79. The van der Waals surface area contributed by atoms with Crippen LogP contribution >= 0.6 is 12.4 Å². The fraction of sp³-hybridized carbons (Fsp3) is 0.667. The lowest BCUT2D eigenvalue weighted by atomic mass is 10.0. The molecule has 1 aromatic rings. The van der Waals surface area contributed by atoms with Crippen molar-refractivity contribution in [1.29, 1.82) is 0 Å². The Morgan fingerprint density at radius 2 is 2.00 bits per heavy atom. The summed E-state index contributed by atoms with van der Waals surface area (Å²) in [6.45, 7) is 2.94. The molecular formula is C15H24ClN3O. The van der Waals surface area contributed by atoms with Crippen LogP contribution in [0.4, 0.5) is 0 Å². The molecule has 0 aromatic carbocycles. The van der Waals surface area contributed by atoms with Gasteiger partial charge in [-0.15, -0.1) is 12.4 Å². The molecule has 3 rings (SSSR count). The number of piperidine rings is 1. The van der Waals surface area contributed by atoms with Gasteiger partial charge in [0.25, 0.3) is 5.91 Å². The fourth-order valence-electron chi connectivity index (χ4n) is 2.79. The van der Waals surface area contributed by atoms with Crippen LogP contribution in [0, 0.1) is 5.92 Å². The molecule has 0 bridgehead atoms. The minimum Gasteiger partial charge on any atom is -0.347 e. The first-order valence-electron chi connectivity index (χ1n) is 7.38. The van der Waals surface area contributed by atoms with Crippen LogP contribution in [0.3, 0.4) is 0 Å². The molecule has 2 fully saturated rings. The van der Waals surface area contributed by atoms with Crippen molar-refractivity contribution in [3.05, 3.63) is 24.0 Å². The van der Waals surface area contributed by atoms with E-state index < -0.39 is 0 Å². The first kappa shape index (κ1) is 15.4. The maximum Gasteiger partial charge on any atom is 0.270 e. The van der Waals surface area contributed by atoms with Crippen molar-refractivity contribution in [3.63, 3.8) is 0 Å². The summed E-state index contributed by atoms with van der Waals surface area (Å²) >= 11 is 0. The molecule has 5 heteroatoms. The Morgan fingerprint density at radius 3 is 2.55 bits per heavy atom. The lowest BCUT2D eigenvalue weighted by molar-refractivity contribution is 0.0695. The quantitative estimate of drug-likeness (QED) is 0.923. The van der Waals surface area contributed by atoms with E-state index in [0.717, 1.165) is 37.5 Å². The third-order valence-corrected chi connectivity index (χ3v) is 4.34. The molecule has 1 N–H and O–H groups in total. The zero-order valence-corrected chi connectivity index (χ0v) is 12.9. The van der Waals surface area contributed by atoms with Crippen LogP contribution in [-0.2, 0) is 7.05 Å².